The summed E-state index contributed by atoms with van der Waals surface area (Å²) < 4.78 is 25.4. The van der Waals surface area contributed by atoms with Crippen LogP contribution >= 0.6 is 0 Å². The van der Waals surface area contributed by atoms with Crippen molar-refractivity contribution < 1.29 is 13.5 Å². The molecular formula is C26H36FN3O2. The number of nitrogens with zero attached hydrogens (tertiary/aromatic N) is 3. The predicted octanol–water partition coefficient (Wildman–Crippen LogP) is 5.38. The van der Waals surface area contributed by atoms with Gasteiger partial charge in [-0.3, -0.25) is 4.90 Å². The SMILES string of the molecule is COC[C@H]1CCCN1C[C@@H]1C=C(C)[C@H](Cc2nnc(-c3ccccc3F)o2)C[C@H]1C(C)C. The van der Waals surface area contributed by atoms with Crippen molar-refractivity contribution in [2.24, 2.45) is 23.7 Å². The molecule has 1 aromatic heterocycles. The Labute approximate surface area is 191 Å². The molecule has 2 aliphatic rings. The Hall–Kier alpha value is -2.05. The smallest absolute Gasteiger partial charge is 0.250 e. The molecule has 0 N–H and O–H groups in total. The number of ether oxygens (including phenoxy) is 1. The second-order valence-electron chi connectivity index (χ2n) is 9.85. The molecule has 32 heavy (non-hydrogen) atoms. The van der Waals surface area contributed by atoms with Gasteiger partial charge in [0.15, 0.2) is 0 Å². The Morgan fingerprint density at radius 3 is 2.81 bits per heavy atom. The van der Waals surface area contributed by atoms with Crippen LogP contribution in [0.2, 0.25) is 0 Å². The summed E-state index contributed by atoms with van der Waals surface area (Å²) in [5, 5.41) is 8.34. The Morgan fingerprint density at radius 2 is 2.06 bits per heavy atom. The molecule has 1 fully saturated rings. The molecule has 5 nitrogen and oxygen atoms in total. The maximum atomic E-state index is 14.1. The third-order valence-electron chi connectivity index (χ3n) is 7.38. The Morgan fingerprint density at radius 1 is 1.25 bits per heavy atom. The van der Waals surface area contributed by atoms with Crippen LogP contribution in [-0.4, -0.2) is 47.9 Å². The Bertz CT molecular complexity index is 925. The zero-order valence-electron chi connectivity index (χ0n) is 19.8. The van der Waals surface area contributed by atoms with Gasteiger partial charge < -0.3 is 9.15 Å². The van der Waals surface area contributed by atoms with Gasteiger partial charge in [0.1, 0.15) is 5.82 Å². The standard InChI is InChI=1S/C26H36FN3O2/c1-17(2)23-13-19(14-25-28-29-26(32-25)22-9-5-6-10-24(22)27)18(3)12-20(23)15-30-11-7-8-21(30)16-31-4/h5-6,9-10,12,17,19-21,23H,7-8,11,13-16H2,1-4H3/t19-,20-,21+,23-/m0/s1. The number of halogens is 1. The molecule has 0 bridgehead atoms. The van der Waals surface area contributed by atoms with E-state index in [9.17, 15) is 4.39 Å². The van der Waals surface area contributed by atoms with Crippen molar-refractivity contribution in [3.8, 4) is 11.5 Å². The van der Waals surface area contributed by atoms with Gasteiger partial charge in [0, 0.05) is 26.1 Å². The highest BCUT2D eigenvalue weighted by Gasteiger charge is 2.35. The lowest BCUT2D eigenvalue weighted by atomic mass is 9.69. The summed E-state index contributed by atoms with van der Waals surface area (Å²) in [4.78, 5) is 2.63. The van der Waals surface area contributed by atoms with E-state index in [1.165, 1.54) is 31.0 Å². The van der Waals surface area contributed by atoms with Crippen LogP contribution in [0.25, 0.3) is 11.5 Å². The Balaban J connectivity index is 1.47. The van der Waals surface area contributed by atoms with Crippen LogP contribution in [0.5, 0.6) is 0 Å². The van der Waals surface area contributed by atoms with Gasteiger partial charge in [-0.1, -0.05) is 37.6 Å². The summed E-state index contributed by atoms with van der Waals surface area (Å²) in [7, 11) is 1.80. The summed E-state index contributed by atoms with van der Waals surface area (Å²) >= 11 is 0. The number of aromatic nitrogens is 2. The second-order valence-corrected chi connectivity index (χ2v) is 9.85. The quantitative estimate of drug-likeness (QED) is 0.515. The minimum Gasteiger partial charge on any atom is -0.421 e. The molecule has 0 radical (unpaired) electrons. The maximum Gasteiger partial charge on any atom is 0.250 e. The molecule has 0 amide bonds. The lowest BCUT2D eigenvalue weighted by molar-refractivity contribution is 0.0928. The van der Waals surface area contributed by atoms with Crippen molar-refractivity contribution in [1.29, 1.82) is 0 Å². The normalized spacial score (nSPS) is 26.6. The van der Waals surface area contributed by atoms with Gasteiger partial charge >= 0.3 is 0 Å². The maximum absolute atomic E-state index is 14.1. The minimum atomic E-state index is -0.340. The fraction of sp³-hybridized carbons (Fsp3) is 0.615. The summed E-state index contributed by atoms with van der Waals surface area (Å²) in [6.45, 7) is 10.0. The van der Waals surface area contributed by atoms with E-state index < -0.39 is 0 Å². The van der Waals surface area contributed by atoms with Crippen LogP contribution in [0.4, 0.5) is 4.39 Å². The van der Waals surface area contributed by atoms with Gasteiger partial charge in [-0.15, -0.1) is 10.2 Å². The fourth-order valence-corrected chi connectivity index (χ4v) is 5.56. The highest BCUT2D eigenvalue weighted by Crippen LogP contribution is 2.40. The first-order valence-electron chi connectivity index (χ1n) is 11.9. The van der Waals surface area contributed by atoms with E-state index in [1.54, 1.807) is 25.3 Å². The molecule has 4 atom stereocenters. The van der Waals surface area contributed by atoms with Gasteiger partial charge in [0.05, 0.1) is 12.2 Å². The highest BCUT2D eigenvalue weighted by molar-refractivity contribution is 5.53. The monoisotopic (exact) mass is 441 g/mol. The minimum absolute atomic E-state index is 0.257. The van der Waals surface area contributed by atoms with Crippen LogP contribution in [0.1, 0.15) is 45.9 Å². The second kappa shape index (κ2) is 10.3. The van der Waals surface area contributed by atoms with Crippen LogP contribution in [0.15, 0.2) is 40.3 Å². The van der Waals surface area contributed by atoms with Crippen LogP contribution in [-0.2, 0) is 11.2 Å². The molecule has 2 heterocycles. The van der Waals surface area contributed by atoms with E-state index >= 15 is 0 Å². The molecule has 174 valence electrons. The average molecular weight is 442 g/mol. The zero-order chi connectivity index (χ0) is 22.7. The van der Waals surface area contributed by atoms with Gasteiger partial charge in [-0.2, -0.15) is 0 Å². The molecule has 0 saturated carbocycles. The van der Waals surface area contributed by atoms with Gasteiger partial charge in [0.2, 0.25) is 5.89 Å². The number of benzene rings is 1. The van der Waals surface area contributed by atoms with E-state index in [2.05, 4.69) is 41.9 Å². The summed E-state index contributed by atoms with van der Waals surface area (Å²) in [6, 6.07) is 7.08. The van der Waals surface area contributed by atoms with Crippen molar-refractivity contribution in [2.45, 2.75) is 52.5 Å². The van der Waals surface area contributed by atoms with Gasteiger partial charge in [0.25, 0.3) is 5.89 Å². The molecule has 4 rings (SSSR count). The Kier molecular flexibility index (Phi) is 7.41. The van der Waals surface area contributed by atoms with E-state index in [1.807, 2.05) is 0 Å². The number of likely N-dealkylation sites (tertiary alicyclic amines) is 1. The third-order valence-corrected chi connectivity index (χ3v) is 7.38. The third kappa shape index (κ3) is 5.12. The topological polar surface area (TPSA) is 51.4 Å². The van der Waals surface area contributed by atoms with Crippen LogP contribution in [0.3, 0.4) is 0 Å². The molecule has 1 saturated heterocycles. The molecule has 6 heteroatoms. The molecule has 1 aliphatic heterocycles. The van der Waals surface area contributed by atoms with Gasteiger partial charge in [-0.05, 0) is 68.5 Å². The molecule has 0 spiro atoms. The molecular weight excluding hydrogens is 405 g/mol. The summed E-state index contributed by atoms with van der Waals surface area (Å²) in [5.41, 5.74) is 1.76. The van der Waals surface area contributed by atoms with Gasteiger partial charge in [-0.25, -0.2) is 4.39 Å². The molecule has 1 aromatic carbocycles. The fourth-order valence-electron chi connectivity index (χ4n) is 5.56. The van der Waals surface area contributed by atoms with Crippen molar-refractivity contribution >= 4 is 0 Å². The van der Waals surface area contributed by atoms with Crippen molar-refractivity contribution in [3.05, 3.63) is 47.6 Å². The number of hydrogen-bond acceptors (Lipinski definition) is 5. The number of allylic oxidation sites excluding steroid dienone is 1. The predicted molar refractivity (Wildman–Crippen MR) is 124 cm³/mol. The first-order valence-corrected chi connectivity index (χ1v) is 11.9. The molecule has 2 aromatic rings. The summed E-state index contributed by atoms with van der Waals surface area (Å²) in [6.07, 6.45) is 6.81. The van der Waals surface area contributed by atoms with Crippen molar-refractivity contribution in [2.75, 3.05) is 26.8 Å². The van der Waals surface area contributed by atoms with E-state index in [0.29, 0.717) is 47.6 Å². The van der Waals surface area contributed by atoms with Crippen LogP contribution < -0.4 is 0 Å². The molecule has 1 aliphatic carbocycles. The van der Waals surface area contributed by atoms with Crippen molar-refractivity contribution in [1.82, 2.24) is 15.1 Å². The highest BCUT2D eigenvalue weighted by atomic mass is 19.1. The lowest BCUT2D eigenvalue weighted by Gasteiger charge is -2.39. The van der Waals surface area contributed by atoms with E-state index in [0.717, 1.165) is 19.6 Å². The lowest BCUT2D eigenvalue weighted by Crippen LogP contribution is -2.41. The first kappa shape index (κ1) is 23.1. The summed E-state index contributed by atoms with van der Waals surface area (Å²) in [5.74, 6) is 2.65. The van der Waals surface area contributed by atoms with Crippen molar-refractivity contribution in [3.63, 3.8) is 0 Å². The average Bonchev–Trinajstić information content (AvgIpc) is 3.40. The number of hydrogen-bond donors (Lipinski definition) is 0. The van der Waals surface area contributed by atoms with E-state index in [-0.39, 0.29) is 11.7 Å². The molecule has 0 unspecified atom stereocenters. The van der Waals surface area contributed by atoms with Crippen LogP contribution in [0, 0.1) is 29.5 Å². The largest absolute Gasteiger partial charge is 0.421 e. The number of rotatable bonds is 8. The van der Waals surface area contributed by atoms with E-state index in [4.69, 9.17) is 9.15 Å². The number of methoxy groups -OCH3 is 1. The zero-order valence-corrected chi connectivity index (χ0v) is 19.8. The first-order chi connectivity index (χ1) is 15.5.